The maximum absolute atomic E-state index is 9.62. The number of hydrogen-bond acceptors (Lipinski definition) is 2. The highest BCUT2D eigenvalue weighted by Gasteiger charge is 2.27. The van der Waals surface area contributed by atoms with E-state index >= 15 is 0 Å². The summed E-state index contributed by atoms with van der Waals surface area (Å²) in [6.07, 6.45) is 3.83. The molecule has 0 bridgehead atoms. The van der Waals surface area contributed by atoms with E-state index in [1.54, 1.807) is 0 Å². The van der Waals surface area contributed by atoms with Crippen molar-refractivity contribution in [3.05, 3.63) is 28.3 Å². The molecule has 0 spiro atoms. The summed E-state index contributed by atoms with van der Waals surface area (Å²) in [6, 6.07) is 3.97. The van der Waals surface area contributed by atoms with Crippen molar-refractivity contribution in [2.45, 2.75) is 39.5 Å². The molecule has 0 aromatic heterocycles. The van der Waals surface area contributed by atoms with Crippen LogP contribution < -0.4 is 4.74 Å². The molecule has 0 amide bonds. The first kappa shape index (κ1) is 13.7. The summed E-state index contributed by atoms with van der Waals surface area (Å²) < 4.78 is 5.71. The summed E-state index contributed by atoms with van der Waals surface area (Å²) in [7, 11) is 0. The van der Waals surface area contributed by atoms with Crippen LogP contribution in [0.15, 0.2) is 12.1 Å². The van der Waals surface area contributed by atoms with Gasteiger partial charge in [0.25, 0.3) is 0 Å². The second-order valence-corrected chi connectivity index (χ2v) is 5.98. The highest BCUT2D eigenvalue weighted by atomic mass is 35.5. The fraction of sp³-hybridized carbons (Fsp3) is 0.600. The predicted molar refractivity (Wildman–Crippen MR) is 74.5 cm³/mol. The molecule has 0 radical (unpaired) electrons. The molecule has 1 heterocycles. The minimum atomic E-state index is -0.0842. The zero-order valence-corrected chi connectivity index (χ0v) is 11.9. The molecule has 100 valence electrons. The van der Waals surface area contributed by atoms with E-state index in [1.165, 1.54) is 5.56 Å². The molecular formula is C15H21ClO2. The Labute approximate surface area is 114 Å². The molecule has 1 aromatic rings. The van der Waals surface area contributed by atoms with Crippen molar-refractivity contribution in [2.75, 3.05) is 13.2 Å². The summed E-state index contributed by atoms with van der Waals surface area (Å²) in [5.74, 6) is 0.996. The maximum atomic E-state index is 9.62. The number of fused-ring (bicyclic) bond motifs is 1. The maximum Gasteiger partial charge on any atom is 0.125 e. The van der Waals surface area contributed by atoms with Crippen molar-refractivity contribution < 1.29 is 9.84 Å². The van der Waals surface area contributed by atoms with Gasteiger partial charge in [-0.25, -0.2) is 0 Å². The van der Waals surface area contributed by atoms with Crippen LogP contribution in [-0.2, 0) is 12.8 Å². The lowest BCUT2D eigenvalue weighted by Gasteiger charge is -2.27. The molecule has 1 N–H and O–H groups in total. The Hall–Kier alpha value is -0.730. The first-order valence-electron chi connectivity index (χ1n) is 6.63. The molecule has 1 unspecified atom stereocenters. The summed E-state index contributed by atoms with van der Waals surface area (Å²) in [5, 5.41) is 10.4. The first-order valence-corrected chi connectivity index (χ1v) is 7.01. The minimum Gasteiger partial charge on any atom is -0.493 e. The SMILES string of the molecule is CCCC(C)(CO)Cc1cc(Cl)cc2c1OCC2. The molecule has 18 heavy (non-hydrogen) atoms. The van der Waals surface area contributed by atoms with Gasteiger partial charge < -0.3 is 9.84 Å². The standard InChI is InChI=1S/C15H21ClO2/c1-3-5-15(2,10-17)9-12-8-13(16)7-11-4-6-18-14(11)12/h7-8,17H,3-6,9-10H2,1-2H3. The molecule has 1 atom stereocenters. The lowest BCUT2D eigenvalue weighted by molar-refractivity contribution is 0.130. The third kappa shape index (κ3) is 2.81. The van der Waals surface area contributed by atoms with Gasteiger partial charge in [-0.3, -0.25) is 0 Å². The van der Waals surface area contributed by atoms with Gasteiger partial charge in [-0.2, -0.15) is 0 Å². The Morgan fingerprint density at radius 2 is 2.22 bits per heavy atom. The number of rotatable bonds is 5. The lowest BCUT2D eigenvalue weighted by atomic mass is 9.80. The fourth-order valence-electron chi connectivity index (χ4n) is 2.76. The van der Waals surface area contributed by atoms with Gasteiger partial charge in [0.2, 0.25) is 0 Å². The predicted octanol–water partition coefficient (Wildman–Crippen LogP) is 3.62. The number of halogens is 1. The Balaban J connectivity index is 2.28. The molecule has 0 saturated carbocycles. The van der Waals surface area contributed by atoms with Crippen LogP contribution in [0, 0.1) is 5.41 Å². The van der Waals surface area contributed by atoms with E-state index in [1.807, 2.05) is 12.1 Å². The van der Waals surface area contributed by atoms with Crippen molar-refractivity contribution in [3.8, 4) is 5.75 Å². The summed E-state index contributed by atoms with van der Waals surface area (Å²) in [5.41, 5.74) is 2.26. The second-order valence-electron chi connectivity index (χ2n) is 5.55. The van der Waals surface area contributed by atoms with Gasteiger partial charge in [0.1, 0.15) is 5.75 Å². The molecule has 1 aromatic carbocycles. The zero-order chi connectivity index (χ0) is 13.2. The van der Waals surface area contributed by atoms with Crippen molar-refractivity contribution in [3.63, 3.8) is 0 Å². The molecule has 0 saturated heterocycles. The number of ether oxygens (including phenoxy) is 1. The van der Waals surface area contributed by atoms with E-state index in [0.29, 0.717) is 0 Å². The van der Waals surface area contributed by atoms with E-state index in [4.69, 9.17) is 16.3 Å². The van der Waals surface area contributed by atoms with Gasteiger partial charge >= 0.3 is 0 Å². The number of aliphatic hydroxyl groups is 1. The monoisotopic (exact) mass is 268 g/mol. The smallest absolute Gasteiger partial charge is 0.125 e. The molecular weight excluding hydrogens is 248 g/mol. The molecule has 3 heteroatoms. The highest BCUT2D eigenvalue weighted by Crippen LogP contribution is 2.37. The molecule has 1 aliphatic heterocycles. The average Bonchev–Trinajstić information content (AvgIpc) is 2.77. The van der Waals surface area contributed by atoms with E-state index < -0.39 is 0 Å². The second kappa shape index (κ2) is 5.50. The first-order chi connectivity index (χ1) is 8.58. The minimum absolute atomic E-state index is 0.0842. The van der Waals surface area contributed by atoms with Gasteiger partial charge in [-0.1, -0.05) is 31.9 Å². The van der Waals surface area contributed by atoms with Crippen LogP contribution in [0.1, 0.15) is 37.8 Å². The Bertz CT molecular complexity index is 431. The van der Waals surface area contributed by atoms with Crippen LogP contribution in [0.3, 0.4) is 0 Å². The van der Waals surface area contributed by atoms with Crippen LogP contribution in [0.2, 0.25) is 5.02 Å². The molecule has 0 aliphatic carbocycles. The third-order valence-electron chi connectivity index (χ3n) is 3.68. The quantitative estimate of drug-likeness (QED) is 0.884. The molecule has 2 rings (SSSR count). The summed E-state index contributed by atoms with van der Waals surface area (Å²) >= 11 is 6.16. The van der Waals surface area contributed by atoms with Crippen molar-refractivity contribution >= 4 is 11.6 Å². The van der Waals surface area contributed by atoms with Crippen molar-refractivity contribution in [1.29, 1.82) is 0 Å². The van der Waals surface area contributed by atoms with Gasteiger partial charge in [0.15, 0.2) is 0 Å². The van der Waals surface area contributed by atoms with Gasteiger partial charge in [-0.15, -0.1) is 0 Å². The highest BCUT2D eigenvalue weighted by molar-refractivity contribution is 6.30. The molecule has 2 nitrogen and oxygen atoms in total. The number of hydrogen-bond donors (Lipinski definition) is 1. The zero-order valence-electron chi connectivity index (χ0n) is 11.1. The Morgan fingerprint density at radius 3 is 2.89 bits per heavy atom. The van der Waals surface area contributed by atoms with Crippen LogP contribution >= 0.6 is 11.6 Å². The van der Waals surface area contributed by atoms with Crippen LogP contribution in [0.4, 0.5) is 0 Å². The van der Waals surface area contributed by atoms with Gasteiger partial charge in [0.05, 0.1) is 6.61 Å². The number of aliphatic hydroxyl groups excluding tert-OH is 1. The van der Waals surface area contributed by atoms with E-state index in [0.717, 1.165) is 48.6 Å². The largest absolute Gasteiger partial charge is 0.493 e. The fourth-order valence-corrected chi connectivity index (χ4v) is 3.03. The van der Waals surface area contributed by atoms with E-state index in [9.17, 15) is 5.11 Å². The topological polar surface area (TPSA) is 29.5 Å². The molecule has 0 fully saturated rings. The van der Waals surface area contributed by atoms with E-state index in [-0.39, 0.29) is 12.0 Å². The normalized spacial score (nSPS) is 17.1. The van der Waals surface area contributed by atoms with Crippen molar-refractivity contribution in [2.24, 2.45) is 5.41 Å². The molecule has 1 aliphatic rings. The van der Waals surface area contributed by atoms with Crippen LogP contribution in [0.5, 0.6) is 5.75 Å². The van der Waals surface area contributed by atoms with E-state index in [2.05, 4.69) is 13.8 Å². The van der Waals surface area contributed by atoms with Gasteiger partial charge in [-0.05, 0) is 41.5 Å². The lowest BCUT2D eigenvalue weighted by Crippen LogP contribution is -2.24. The Kier molecular flexibility index (Phi) is 4.18. The Morgan fingerprint density at radius 1 is 1.44 bits per heavy atom. The summed E-state index contributed by atoms with van der Waals surface area (Å²) in [6.45, 7) is 5.21. The average molecular weight is 269 g/mol. The third-order valence-corrected chi connectivity index (χ3v) is 3.90. The summed E-state index contributed by atoms with van der Waals surface area (Å²) in [4.78, 5) is 0. The van der Waals surface area contributed by atoms with Crippen LogP contribution in [-0.4, -0.2) is 18.3 Å². The van der Waals surface area contributed by atoms with Crippen molar-refractivity contribution in [1.82, 2.24) is 0 Å². The number of benzene rings is 1. The van der Waals surface area contributed by atoms with Crippen LogP contribution in [0.25, 0.3) is 0 Å². The van der Waals surface area contributed by atoms with Gasteiger partial charge in [0, 0.05) is 18.1 Å².